The molecule has 1 aromatic heterocycles. The molecule has 0 aliphatic carbocycles. The highest BCUT2D eigenvalue weighted by Crippen LogP contribution is 2.64. The van der Waals surface area contributed by atoms with Crippen molar-refractivity contribution in [3.05, 3.63) is 22.9 Å². The highest BCUT2D eigenvalue weighted by molar-refractivity contribution is 8.02. The van der Waals surface area contributed by atoms with Gasteiger partial charge in [0.1, 0.15) is 10.9 Å². The summed E-state index contributed by atoms with van der Waals surface area (Å²) >= 11 is 0.227. The Kier molecular flexibility index (Phi) is 3.39. The molecular weight excluding hydrogens is 335 g/mol. The maximum absolute atomic E-state index is 13.6. The average molecular weight is 349 g/mol. The second kappa shape index (κ2) is 4.76. The largest absolute Gasteiger partial charge is 0.468 e. The Hall–Kier alpha value is -1.48. The summed E-state index contributed by atoms with van der Waals surface area (Å²) in [5, 5.41) is 9.55. The van der Waals surface area contributed by atoms with Crippen molar-refractivity contribution < 1.29 is 32.5 Å². The normalized spacial score (nSPS) is 32.2. The van der Waals surface area contributed by atoms with Gasteiger partial charge in [0.25, 0.3) is 4.93 Å². The van der Waals surface area contributed by atoms with Crippen LogP contribution in [0.15, 0.2) is 6.07 Å². The number of esters is 1. The lowest BCUT2D eigenvalue weighted by Crippen LogP contribution is -2.51. The number of hydrogen-bond donors (Lipinski definition) is 1. The standard InChI is InChI=1S/C14H14F3NO4S/c1-6-4-7(2)18-10-8(6)12(20)5-13(22-10,14(15,16)17)23-9(12)11(19)21-3/h4,9,20H,5H2,1-3H3. The van der Waals surface area contributed by atoms with Crippen molar-refractivity contribution in [2.45, 2.75) is 42.2 Å². The van der Waals surface area contributed by atoms with E-state index in [0.717, 1.165) is 7.11 Å². The number of rotatable bonds is 1. The molecule has 126 valence electrons. The fourth-order valence-corrected chi connectivity index (χ4v) is 4.72. The summed E-state index contributed by atoms with van der Waals surface area (Å²) in [6.45, 7) is 3.25. The Bertz CT molecular complexity index is 695. The van der Waals surface area contributed by atoms with Crippen LogP contribution in [0.4, 0.5) is 13.2 Å². The van der Waals surface area contributed by atoms with Crippen molar-refractivity contribution in [3.8, 4) is 5.88 Å². The van der Waals surface area contributed by atoms with Crippen LogP contribution in [-0.2, 0) is 15.1 Å². The minimum Gasteiger partial charge on any atom is -0.468 e. The van der Waals surface area contributed by atoms with Crippen LogP contribution in [0.3, 0.4) is 0 Å². The summed E-state index contributed by atoms with van der Waals surface area (Å²) in [4.78, 5) is 13.2. The molecule has 3 unspecified atom stereocenters. The van der Waals surface area contributed by atoms with Gasteiger partial charge in [0.05, 0.1) is 12.7 Å². The Morgan fingerprint density at radius 1 is 1.52 bits per heavy atom. The Morgan fingerprint density at radius 2 is 2.17 bits per heavy atom. The molecule has 2 bridgehead atoms. The van der Waals surface area contributed by atoms with Crippen LogP contribution in [0, 0.1) is 13.8 Å². The Morgan fingerprint density at radius 3 is 2.74 bits per heavy atom. The van der Waals surface area contributed by atoms with Gasteiger partial charge in [0.15, 0.2) is 0 Å². The number of aliphatic hydroxyl groups is 1. The van der Waals surface area contributed by atoms with Crippen molar-refractivity contribution in [2.24, 2.45) is 0 Å². The van der Waals surface area contributed by atoms with Crippen molar-refractivity contribution in [3.63, 3.8) is 0 Å². The molecule has 0 amide bonds. The van der Waals surface area contributed by atoms with E-state index >= 15 is 0 Å². The predicted octanol–water partition coefficient (Wildman–Crippen LogP) is 2.22. The summed E-state index contributed by atoms with van der Waals surface area (Å²) in [7, 11) is 1.07. The maximum Gasteiger partial charge on any atom is 0.438 e. The van der Waals surface area contributed by atoms with Crippen molar-refractivity contribution in [1.82, 2.24) is 4.98 Å². The van der Waals surface area contributed by atoms with E-state index in [9.17, 15) is 23.1 Å². The number of carbonyl (C=O) groups excluding carboxylic acids is 1. The molecule has 2 aliphatic heterocycles. The van der Waals surface area contributed by atoms with Gasteiger partial charge < -0.3 is 14.6 Å². The second-order valence-corrected chi connectivity index (χ2v) is 7.10. The van der Waals surface area contributed by atoms with Crippen LogP contribution in [0.2, 0.25) is 0 Å². The maximum atomic E-state index is 13.6. The van der Waals surface area contributed by atoms with Gasteiger partial charge in [-0.05, 0) is 25.5 Å². The number of fused-ring (bicyclic) bond motifs is 4. The predicted molar refractivity (Wildman–Crippen MR) is 75.0 cm³/mol. The summed E-state index contributed by atoms with van der Waals surface area (Å²) in [5.41, 5.74) is -0.959. The van der Waals surface area contributed by atoms with E-state index in [1.54, 1.807) is 19.9 Å². The first-order valence-electron chi connectivity index (χ1n) is 6.76. The van der Waals surface area contributed by atoms with Gasteiger partial charge in [0.2, 0.25) is 5.88 Å². The number of aryl methyl sites for hydroxylation is 2. The molecular formula is C14H14F3NO4S. The van der Waals surface area contributed by atoms with Gasteiger partial charge in [-0.2, -0.15) is 13.2 Å². The number of thioether (sulfide) groups is 1. The Balaban J connectivity index is 2.26. The van der Waals surface area contributed by atoms with Crippen LogP contribution in [0.1, 0.15) is 23.2 Å². The van der Waals surface area contributed by atoms with Crippen molar-refractivity contribution in [2.75, 3.05) is 7.11 Å². The molecule has 1 N–H and O–H groups in total. The number of hydrogen-bond acceptors (Lipinski definition) is 6. The molecule has 5 nitrogen and oxygen atoms in total. The van der Waals surface area contributed by atoms with Gasteiger partial charge in [-0.25, -0.2) is 4.98 Å². The molecule has 0 spiro atoms. The van der Waals surface area contributed by atoms with Crippen molar-refractivity contribution in [1.29, 1.82) is 0 Å². The summed E-state index contributed by atoms with van der Waals surface area (Å²) in [5.74, 6) is -1.22. The topological polar surface area (TPSA) is 68.7 Å². The van der Waals surface area contributed by atoms with Crippen molar-refractivity contribution >= 4 is 17.7 Å². The lowest BCUT2D eigenvalue weighted by Gasteiger charge is -2.38. The molecule has 1 aromatic rings. The zero-order valence-corrected chi connectivity index (χ0v) is 13.3. The average Bonchev–Trinajstić information content (AvgIpc) is 2.65. The Labute approximate surface area is 134 Å². The molecule has 0 aromatic carbocycles. The van der Waals surface area contributed by atoms with Gasteiger partial charge >= 0.3 is 12.1 Å². The van der Waals surface area contributed by atoms with E-state index in [-0.39, 0.29) is 23.2 Å². The van der Waals surface area contributed by atoms with Crippen LogP contribution in [0.5, 0.6) is 5.88 Å². The minimum atomic E-state index is -4.79. The highest BCUT2D eigenvalue weighted by atomic mass is 32.2. The number of methoxy groups -OCH3 is 1. The van der Waals surface area contributed by atoms with E-state index in [4.69, 9.17) is 4.74 Å². The smallest absolute Gasteiger partial charge is 0.438 e. The highest BCUT2D eigenvalue weighted by Gasteiger charge is 2.74. The quantitative estimate of drug-likeness (QED) is 0.784. The van der Waals surface area contributed by atoms with Gasteiger partial charge in [-0.3, -0.25) is 4.79 Å². The molecule has 3 atom stereocenters. The van der Waals surface area contributed by atoms with E-state index < -0.39 is 34.4 Å². The van der Waals surface area contributed by atoms with E-state index in [2.05, 4.69) is 9.72 Å². The lowest BCUT2D eigenvalue weighted by atomic mass is 9.81. The molecule has 0 saturated carbocycles. The number of aromatic nitrogens is 1. The summed E-state index contributed by atoms with van der Waals surface area (Å²) in [6.07, 6.45) is -5.57. The molecule has 9 heteroatoms. The number of carbonyl (C=O) groups is 1. The third-order valence-electron chi connectivity index (χ3n) is 4.10. The number of ether oxygens (including phenoxy) is 2. The lowest BCUT2D eigenvalue weighted by molar-refractivity contribution is -0.228. The molecule has 3 heterocycles. The monoisotopic (exact) mass is 349 g/mol. The molecule has 0 radical (unpaired) electrons. The van der Waals surface area contributed by atoms with Gasteiger partial charge in [-0.15, -0.1) is 0 Å². The second-order valence-electron chi connectivity index (χ2n) is 5.74. The van der Waals surface area contributed by atoms with Gasteiger partial charge in [-0.1, -0.05) is 11.8 Å². The fourth-order valence-electron chi connectivity index (χ4n) is 3.19. The van der Waals surface area contributed by atoms with Crippen LogP contribution >= 0.6 is 11.8 Å². The molecule has 3 rings (SSSR count). The third kappa shape index (κ3) is 2.13. The summed E-state index contributed by atoms with van der Waals surface area (Å²) in [6, 6.07) is 1.62. The molecule has 2 aliphatic rings. The van der Waals surface area contributed by atoms with E-state index in [0.29, 0.717) is 11.3 Å². The van der Waals surface area contributed by atoms with Crippen LogP contribution < -0.4 is 4.74 Å². The molecule has 23 heavy (non-hydrogen) atoms. The SMILES string of the molecule is COC(=O)C1SC2(C(F)(F)F)CC1(O)c1c(C)cc(C)nc1O2. The molecule has 1 saturated heterocycles. The number of nitrogens with zero attached hydrogens (tertiary/aromatic N) is 1. The number of pyridine rings is 1. The fraction of sp³-hybridized carbons (Fsp3) is 0.571. The zero-order valence-electron chi connectivity index (χ0n) is 12.5. The third-order valence-corrected chi connectivity index (χ3v) is 5.76. The molecule has 1 fully saturated rings. The first kappa shape index (κ1) is 16.4. The van der Waals surface area contributed by atoms with E-state index in [1.165, 1.54) is 0 Å². The summed E-state index contributed by atoms with van der Waals surface area (Å²) < 4.78 is 50.5. The minimum absolute atomic E-state index is 0.114. The first-order valence-corrected chi connectivity index (χ1v) is 7.64. The first-order chi connectivity index (χ1) is 10.5. The number of halogens is 3. The van der Waals surface area contributed by atoms with Crippen LogP contribution in [-0.4, -0.2) is 39.5 Å². The van der Waals surface area contributed by atoms with E-state index in [1.807, 2.05) is 0 Å². The zero-order chi connectivity index (χ0) is 17.2. The van der Waals surface area contributed by atoms with Gasteiger partial charge in [0, 0.05) is 12.1 Å². The van der Waals surface area contributed by atoms with Crippen LogP contribution in [0.25, 0.3) is 0 Å². The number of alkyl halides is 3.